The first kappa shape index (κ1) is 34.6. The monoisotopic (exact) mass is 602 g/mol. The Bertz CT molecular complexity index is 1020. The number of benzene rings is 1. The number of aliphatic hydroxyl groups excluding tert-OH is 1. The molecule has 5 N–H and O–H groups in total. The van der Waals surface area contributed by atoms with Crippen molar-refractivity contribution < 1.29 is 29.3 Å². The van der Waals surface area contributed by atoms with Crippen molar-refractivity contribution in [2.24, 2.45) is 5.92 Å². The summed E-state index contributed by atoms with van der Waals surface area (Å²) in [6.07, 6.45) is 6.44. The summed E-state index contributed by atoms with van der Waals surface area (Å²) in [4.78, 5) is 41.0. The number of piperidine rings is 1. The number of rotatable bonds is 11. The van der Waals surface area contributed by atoms with Gasteiger partial charge in [0.1, 0.15) is 11.6 Å². The van der Waals surface area contributed by atoms with Gasteiger partial charge >= 0.3 is 12.1 Å². The molecule has 2 aliphatic rings. The third kappa shape index (κ3) is 12.7. The number of hydrogen-bond acceptors (Lipinski definition) is 6. The Morgan fingerprint density at radius 3 is 2.16 bits per heavy atom. The van der Waals surface area contributed by atoms with Crippen molar-refractivity contribution in [1.29, 1.82) is 0 Å². The van der Waals surface area contributed by atoms with Gasteiger partial charge in [-0.15, -0.1) is 0 Å². The molecule has 0 aromatic heterocycles. The first-order valence-corrected chi connectivity index (χ1v) is 16.0. The topological polar surface area (TPSA) is 140 Å². The molecule has 2 fully saturated rings. The number of hydrogen-bond donors (Lipinski definition) is 5. The maximum atomic E-state index is 13.8. The zero-order valence-corrected chi connectivity index (χ0v) is 26.7. The average molecular weight is 603 g/mol. The Morgan fingerprint density at radius 1 is 0.953 bits per heavy atom. The molecule has 3 atom stereocenters. The van der Waals surface area contributed by atoms with Crippen LogP contribution in [0.1, 0.15) is 98.0 Å². The molecule has 0 radical (unpaired) electrons. The molecule has 1 aliphatic carbocycles. The normalized spacial score (nSPS) is 19.2. The molecule has 43 heavy (non-hydrogen) atoms. The average Bonchev–Trinajstić information content (AvgIpc) is 2.91. The fraction of sp³-hybridized carbons (Fsp3) is 0.727. The van der Waals surface area contributed by atoms with Crippen LogP contribution in [0.5, 0.6) is 0 Å². The van der Waals surface area contributed by atoms with Gasteiger partial charge in [-0.25, -0.2) is 9.59 Å². The number of urea groups is 1. The summed E-state index contributed by atoms with van der Waals surface area (Å²) in [5.74, 6) is 0.0440. The molecule has 1 aromatic carbocycles. The number of carbonyl (C=O) groups excluding carboxylic acids is 3. The van der Waals surface area contributed by atoms with E-state index in [0.29, 0.717) is 44.7 Å². The highest BCUT2D eigenvalue weighted by molar-refractivity contribution is 5.87. The summed E-state index contributed by atoms with van der Waals surface area (Å²) >= 11 is 0. The van der Waals surface area contributed by atoms with Crippen LogP contribution in [0.25, 0.3) is 0 Å². The maximum absolute atomic E-state index is 13.8. The van der Waals surface area contributed by atoms with E-state index in [0.717, 1.165) is 31.2 Å². The number of aliphatic hydroxyl groups is 2. The molecular formula is C33H54N4O6. The number of alkyl carbamates (subject to hydrolysis) is 1. The zero-order chi connectivity index (χ0) is 31.6. The summed E-state index contributed by atoms with van der Waals surface area (Å²) in [5, 5.41) is 30.4. The van der Waals surface area contributed by atoms with Crippen molar-refractivity contribution in [1.82, 2.24) is 20.9 Å². The lowest BCUT2D eigenvalue weighted by Crippen LogP contribution is -2.57. The summed E-state index contributed by atoms with van der Waals surface area (Å²) < 4.78 is 5.35. The van der Waals surface area contributed by atoms with Gasteiger partial charge in [-0.3, -0.25) is 4.79 Å². The second-order valence-corrected chi connectivity index (χ2v) is 14.0. The van der Waals surface area contributed by atoms with E-state index in [1.165, 1.54) is 6.42 Å². The van der Waals surface area contributed by atoms with E-state index in [2.05, 4.69) is 16.0 Å². The van der Waals surface area contributed by atoms with Crippen molar-refractivity contribution in [2.75, 3.05) is 13.1 Å². The van der Waals surface area contributed by atoms with E-state index in [4.69, 9.17) is 4.74 Å². The van der Waals surface area contributed by atoms with Crippen LogP contribution < -0.4 is 16.0 Å². The van der Waals surface area contributed by atoms with Gasteiger partial charge in [-0.2, -0.15) is 0 Å². The van der Waals surface area contributed by atoms with Gasteiger partial charge in [0.05, 0.1) is 17.7 Å². The Hall–Kier alpha value is -2.85. The molecule has 10 heteroatoms. The van der Waals surface area contributed by atoms with Gasteiger partial charge in [0.15, 0.2) is 0 Å². The van der Waals surface area contributed by atoms with Crippen LogP contribution in [0.3, 0.4) is 0 Å². The molecule has 1 saturated carbocycles. The smallest absolute Gasteiger partial charge is 0.407 e. The van der Waals surface area contributed by atoms with Crippen LogP contribution in [0.15, 0.2) is 30.3 Å². The van der Waals surface area contributed by atoms with Crippen LogP contribution in [0.2, 0.25) is 0 Å². The van der Waals surface area contributed by atoms with E-state index < -0.39 is 35.5 Å². The molecule has 1 aromatic rings. The van der Waals surface area contributed by atoms with E-state index in [-0.39, 0.29) is 24.4 Å². The molecule has 1 heterocycles. The molecule has 3 rings (SSSR count). The van der Waals surface area contributed by atoms with Gasteiger partial charge in [-0.05, 0) is 65.4 Å². The number of likely N-dealkylation sites (tertiary alicyclic amines) is 1. The molecule has 1 saturated heterocycles. The molecule has 0 unspecified atom stereocenters. The lowest BCUT2D eigenvalue weighted by Gasteiger charge is -2.35. The predicted octanol–water partition coefficient (Wildman–Crippen LogP) is 4.27. The van der Waals surface area contributed by atoms with Crippen molar-refractivity contribution in [3.05, 3.63) is 35.9 Å². The molecule has 0 bridgehead atoms. The van der Waals surface area contributed by atoms with E-state index in [1.54, 1.807) is 18.7 Å². The minimum Gasteiger partial charge on any atom is -0.444 e. The van der Waals surface area contributed by atoms with E-state index in [1.807, 2.05) is 51.1 Å². The second-order valence-electron chi connectivity index (χ2n) is 14.0. The van der Waals surface area contributed by atoms with Crippen molar-refractivity contribution >= 4 is 18.0 Å². The minimum atomic E-state index is -1.09. The lowest BCUT2D eigenvalue weighted by atomic mass is 9.82. The summed E-state index contributed by atoms with van der Waals surface area (Å²) in [6.45, 7) is 9.61. The van der Waals surface area contributed by atoms with Gasteiger partial charge < -0.3 is 35.8 Å². The standard InChI is InChI=1S/C33H54N4O6/c1-32(2,3)43-31(41)34-25-16-18-37(19-17-25)30(40)36-27(21-24-14-10-7-11-15-24)29(39)35-26(28(38)22-33(4,5)42)20-23-12-8-6-9-13-23/h7,10-11,14-15,23,25-28,38,42H,6,8-9,12-13,16-22H2,1-5H3,(H,34,41)(H,35,39)(H,36,40)/t26-,27-,28-/m0/s1. The third-order valence-electron chi connectivity index (χ3n) is 8.21. The summed E-state index contributed by atoms with van der Waals surface area (Å²) in [5.41, 5.74) is -0.764. The Kier molecular flexibility index (Phi) is 12.7. The molecule has 4 amide bonds. The lowest BCUT2D eigenvalue weighted by molar-refractivity contribution is -0.125. The van der Waals surface area contributed by atoms with Crippen LogP contribution in [0, 0.1) is 5.92 Å². The van der Waals surface area contributed by atoms with Crippen LogP contribution in [-0.4, -0.2) is 81.7 Å². The highest BCUT2D eigenvalue weighted by Crippen LogP contribution is 2.29. The molecular weight excluding hydrogens is 548 g/mol. The highest BCUT2D eigenvalue weighted by atomic mass is 16.6. The maximum Gasteiger partial charge on any atom is 0.407 e. The third-order valence-corrected chi connectivity index (χ3v) is 8.21. The molecule has 242 valence electrons. The highest BCUT2D eigenvalue weighted by Gasteiger charge is 2.33. The Labute approximate surface area is 257 Å². The van der Waals surface area contributed by atoms with Gasteiger partial charge in [-0.1, -0.05) is 62.4 Å². The van der Waals surface area contributed by atoms with Gasteiger partial charge in [0.25, 0.3) is 0 Å². The molecule has 1 aliphatic heterocycles. The van der Waals surface area contributed by atoms with Crippen LogP contribution in [-0.2, 0) is 16.0 Å². The van der Waals surface area contributed by atoms with E-state index >= 15 is 0 Å². The molecule has 0 spiro atoms. The quantitative estimate of drug-likeness (QED) is 0.256. The largest absolute Gasteiger partial charge is 0.444 e. The predicted molar refractivity (Wildman–Crippen MR) is 166 cm³/mol. The van der Waals surface area contributed by atoms with Gasteiger partial charge in [0.2, 0.25) is 5.91 Å². The fourth-order valence-corrected chi connectivity index (χ4v) is 6.03. The minimum absolute atomic E-state index is 0.0971. The van der Waals surface area contributed by atoms with Crippen molar-refractivity contribution in [3.8, 4) is 0 Å². The number of nitrogens with one attached hydrogen (secondary N) is 3. The molecule has 10 nitrogen and oxygen atoms in total. The van der Waals surface area contributed by atoms with Crippen LogP contribution in [0.4, 0.5) is 9.59 Å². The number of nitrogens with zero attached hydrogens (tertiary/aromatic N) is 1. The first-order chi connectivity index (χ1) is 20.2. The number of ether oxygens (including phenoxy) is 1. The van der Waals surface area contributed by atoms with Gasteiger partial charge in [0, 0.05) is 32.0 Å². The van der Waals surface area contributed by atoms with E-state index in [9.17, 15) is 24.6 Å². The number of amides is 4. The van der Waals surface area contributed by atoms with Crippen molar-refractivity contribution in [2.45, 2.75) is 134 Å². The first-order valence-electron chi connectivity index (χ1n) is 16.0. The fourth-order valence-electron chi connectivity index (χ4n) is 6.03. The van der Waals surface area contributed by atoms with Crippen molar-refractivity contribution in [3.63, 3.8) is 0 Å². The second kappa shape index (κ2) is 15.7. The summed E-state index contributed by atoms with van der Waals surface area (Å²) in [7, 11) is 0. The van der Waals surface area contributed by atoms with Crippen LogP contribution >= 0.6 is 0 Å². The SMILES string of the molecule is CC(C)(O)C[C@H](O)[C@H](CC1CCCCC1)NC(=O)[C@H](Cc1ccccc1)NC(=O)N1CCC(NC(=O)OC(C)(C)C)CC1. The Morgan fingerprint density at radius 2 is 1.58 bits per heavy atom. The Balaban J connectivity index is 1.66. The zero-order valence-electron chi connectivity index (χ0n) is 26.7. The number of carbonyl (C=O) groups is 3. The summed E-state index contributed by atoms with van der Waals surface area (Å²) in [6, 6.07) is 7.71.